The second-order valence-electron chi connectivity index (χ2n) is 7.65. The van der Waals surface area contributed by atoms with Crippen molar-refractivity contribution < 1.29 is 23.6 Å². The van der Waals surface area contributed by atoms with E-state index in [-0.39, 0.29) is 18.7 Å². The second kappa shape index (κ2) is 8.81. The molecule has 0 spiro atoms. The van der Waals surface area contributed by atoms with Crippen LogP contribution in [0.25, 0.3) is 11.3 Å². The lowest BCUT2D eigenvalue weighted by molar-refractivity contribution is -0.174. The molecule has 8 nitrogen and oxygen atoms in total. The van der Waals surface area contributed by atoms with Crippen LogP contribution < -0.4 is 0 Å². The van der Waals surface area contributed by atoms with Gasteiger partial charge in [0.1, 0.15) is 5.82 Å². The van der Waals surface area contributed by atoms with E-state index in [1.54, 1.807) is 6.07 Å². The summed E-state index contributed by atoms with van der Waals surface area (Å²) < 4.78 is 13.5. The average Bonchev–Trinajstić information content (AvgIpc) is 3.07. The van der Waals surface area contributed by atoms with E-state index in [0.29, 0.717) is 37.8 Å². The summed E-state index contributed by atoms with van der Waals surface area (Å²) in [5.74, 6) is -1.26. The van der Waals surface area contributed by atoms with Crippen LogP contribution in [0.4, 0.5) is 9.18 Å². The summed E-state index contributed by atoms with van der Waals surface area (Å²) in [4.78, 5) is 48.7. The van der Waals surface area contributed by atoms with Crippen LogP contribution in [0.1, 0.15) is 24.1 Å². The zero-order chi connectivity index (χ0) is 22.0. The van der Waals surface area contributed by atoms with Gasteiger partial charge in [0, 0.05) is 56.8 Å². The van der Waals surface area contributed by atoms with Gasteiger partial charge in [0.15, 0.2) is 0 Å². The highest BCUT2D eigenvalue weighted by molar-refractivity contribution is 6.01. The van der Waals surface area contributed by atoms with Gasteiger partial charge in [0.2, 0.25) is 0 Å². The molecule has 2 fully saturated rings. The first kappa shape index (κ1) is 20.9. The lowest BCUT2D eigenvalue weighted by atomic mass is 10.1. The number of aromatic nitrogens is 1. The number of piperazine rings is 1. The summed E-state index contributed by atoms with van der Waals surface area (Å²) in [5.41, 5.74) is 3.38. The normalized spacial score (nSPS) is 17.4. The Bertz CT molecular complexity index is 1000. The first-order valence-corrected chi connectivity index (χ1v) is 10.2. The second-order valence-corrected chi connectivity index (χ2v) is 7.65. The van der Waals surface area contributed by atoms with Crippen LogP contribution in [0.15, 0.2) is 36.4 Å². The highest BCUT2D eigenvalue weighted by atomic mass is 19.1. The number of amides is 3. The molecule has 2 saturated heterocycles. The third kappa shape index (κ3) is 4.72. The van der Waals surface area contributed by atoms with Crippen molar-refractivity contribution in [3.05, 3.63) is 53.5 Å². The SMILES string of the molecule is Cc1nc(-c2cccc(F)c2)ccc1CN1CCN(C(=O)ON2C(=O)CCC2=O)CC1. The van der Waals surface area contributed by atoms with E-state index in [9.17, 15) is 18.8 Å². The maximum absolute atomic E-state index is 13.5. The molecule has 1 aromatic heterocycles. The summed E-state index contributed by atoms with van der Waals surface area (Å²) >= 11 is 0. The van der Waals surface area contributed by atoms with Crippen molar-refractivity contribution in [3.63, 3.8) is 0 Å². The molecule has 0 atom stereocenters. The van der Waals surface area contributed by atoms with E-state index in [2.05, 4.69) is 9.88 Å². The summed E-state index contributed by atoms with van der Waals surface area (Å²) in [5, 5.41) is 0.573. The predicted octanol–water partition coefficient (Wildman–Crippen LogP) is 2.51. The van der Waals surface area contributed by atoms with E-state index in [0.717, 1.165) is 22.5 Å². The number of halogens is 1. The number of rotatable bonds is 4. The van der Waals surface area contributed by atoms with Crippen molar-refractivity contribution in [1.82, 2.24) is 19.8 Å². The van der Waals surface area contributed by atoms with Gasteiger partial charge in [-0.3, -0.25) is 19.5 Å². The molecular formula is C22H23FN4O4. The van der Waals surface area contributed by atoms with Crippen molar-refractivity contribution in [3.8, 4) is 11.3 Å². The Labute approximate surface area is 179 Å². The van der Waals surface area contributed by atoms with Gasteiger partial charge >= 0.3 is 6.09 Å². The fourth-order valence-corrected chi connectivity index (χ4v) is 3.69. The Morgan fingerprint density at radius 2 is 1.77 bits per heavy atom. The number of imide groups is 1. The van der Waals surface area contributed by atoms with Crippen LogP contribution in [0, 0.1) is 12.7 Å². The molecular weight excluding hydrogens is 403 g/mol. The van der Waals surface area contributed by atoms with Gasteiger partial charge in [0.05, 0.1) is 5.69 Å². The summed E-state index contributed by atoms with van der Waals surface area (Å²) in [6, 6.07) is 10.2. The molecule has 4 rings (SSSR count). The predicted molar refractivity (Wildman–Crippen MR) is 109 cm³/mol. The van der Waals surface area contributed by atoms with Gasteiger partial charge in [-0.15, -0.1) is 5.06 Å². The minimum Gasteiger partial charge on any atom is -0.311 e. The van der Waals surface area contributed by atoms with E-state index in [4.69, 9.17) is 4.84 Å². The molecule has 0 bridgehead atoms. The molecule has 0 N–H and O–H groups in total. The highest BCUT2D eigenvalue weighted by Gasteiger charge is 2.34. The number of aryl methyl sites for hydroxylation is 1. The number of hydrogen-bond acceptors (Lipinski definition) is 6. The minimum atomic E-state index is -0.680. The zero-order valence-electron chi connectivity index (χ0n) is 17.2. The maximum Gasteiger partial charge on any atom is 0.434 e. The van der Waals surface area contributed by atoms with Crippen LogP contribution in [-0.2, 0) is 21.0 Å². The van der Waals surface area contributed by atoms with Gasteiger partial charge in [-0.1, -0.05) is 18.2 Å². The molecule has 2 aliphatic rings. The van der Waals surface area contributed by atoms with E-state index in [1.807, 2.05) is 25.1 Å². The lowest BCUT2D eigenvalue weighted by Crippen LogP contribution is -2.50. The van der Waals surface area contributed by atoms with Crippen molar-refractivity contribution in [1.29, 1.82) is 0 Å². The molecule has 3 heterocycles. The zero-order valence-corrected chi connectivity index (χ0v) is 17.2. The Balaban J connectivity index is 1.32. The maximum atomic E-state index is 13.5. The number of benzene rings is 1. The fourth-order valence-electron chi connectivity index (χ4n) is 3.69. The Morgan fingerprint density at radius 1 is 1.06 bits per heavy atom. The van der Waals surface area contributed by atoms with Gasteiger partial charge in [-0.05, 0) is 30.7 Å². The number of hydrogen-bond donors (Lipinski definition) is 0. The molecule has 0 radical (unpaired) electrons. The van der Waals surface area contributed by atoms with E-state index >= 15 is 0 Å². The van der Waals surface area contributed by atoms with Crippen LogP contribution in [0.2, 0.25) is 0 Å². The van der Waals surface area contributed by atoms with E-state index in [1.165, 1.54) is 17.0 Å². The van der Waals surface area contributed by atoms with Crippen LogP contribution >= 0.6 is 0 Å². The summed E-state index contributed by atoms with van der Waals surface area (Å²) in [6.45, 7) is 4.72. The van der Waals surface area contributed by atoms with Gasteiger partial charge in [-0.2, -0.15) is 0 Å². The van der Waals surface area contributed by atoms with Gasteiger partial charge in [0.25, 0.3) is 11.8 Å². The third-order valence-electron chi connectivity index (χ3n) is 5.52. The fraction of sp³-hybridized carbons (Fsp3) is 0.364. The summed E-state index contributed by atoms with van der Waals surface area (Å²) in [6.07, 6.45) is -0.531. The van der Waals surface area contributed by atoms with Crippen molar-refractivity contribution in [2.24, 2.45) is 0 Å². The van der Waals surface area contributed by atoms with E-state index < -0.39 is 17.9 Å². The van der Waals surface area contributed by atoms with Gasteiger partial charge < -0.3 is 9.74 Å². The van der Waals surface area contributed by atoms with Crippen LogP contribution in [-0.4, -0.2) is 63.9 Å². The Hall–Kier alpha value is -3.33. The third-order valence-corrected chi connectivity index (χ3v) is 5.52. The molecule has 0 saturated carbocycles. The molecule has 2 aromatic rings. The van der Waals surface area contributed by atoms with Crippen molar-refractivity contribution >= 4 is 17.9 Å². The quantitative estimate of drug-likeness (QED) is 0.699. The Morgan fingerprint density at radius 3 is 2.42 bits per heavy atom. The molecule has 2 aliphatic heterocycles. The molecule has 0 unspecified atom stereocenters. The number of carbonyl (C=O) groups is 3. The number of carbonyl (C=O) groups excluding carboxylic acids is 3. The molecule has 9 heteroatoms. The minimum absolute atomic E-state index is 0.0747. The monoisotopic (exact) mass is 426 g/mol. The smallest absolute Gasteiger partial charge is 0.311 e. The van der Waals surface area contributed by atoms with Crippen LogP contribution in [0.3, 0.4) is 0 Å². The first-order chi connectivity index (χ1) is 14.9. The molecule has 1 aromatic carbocycles. The standard InChI is InChI=1S/C22H23FN4O4/c1-15-17(5-6-19(24-15)16-3-2-4-18(23)13-16)14-25-9-11-26(12-10-25)22(30)31-27-20(28)7-8-21(27)29/h2-6,13H,7-12,14H2,1H3. The molecule has 0 aliphatic carbocycles. The van der Waals surface area contributed by atoms with Crippen LogP contribution in [0.5, 0.6) is 0 Å². The van der Waals surface area contributed by atoms with Crippen molar-refractivity contribution in [2.75, 3.05) is 26.2 Å². The lowest BCUT2D eigenvalue weighted by Gasteiger charge is -2.34. The summed E-state index contributed by atoms with van der Waals surface area (Å²) in [7, 11) is 0. The number of nitrogens with zero attached hydrogens (tertiary/aromatic N) is 4. The highest BCUT2D eigenvalue weighted by Crippen LogP contribution is 2.21. The number of hydroxylamine groups is 2. The Kier molecular flexibility index (Phi) is 5.94. The first-order valence-electron chi connectivity index (χ1n) is 10.2. The largest absolute Gasteiger partial charge is 0.434 e. The number of pyridine rings is 1. The van der Waals surface area contributed by atoms with Gasteiger partial charge in [-0.25, -0.2) is 9.18 Å². The molecule has 3 amide bonds. The van der Waals surface area contributed by atoms with Crippen molar-refractivity contribution in [2.45, 2.75) is 26.3 Å². The molecule has 162 valence electrons. The topological polar surface area (TPSA) is 83.1 Å². The average molecular weight is 426 g/mol. The molecule has 31 heavy (non-hydrogen) atoms.